The first-order valence-corrected chi connectivity index (χ1v) is 4.80. The van der Waals surface area contributed by atoms with Gasteiger partial charge in [-0.1, -0.05) is 0 Å². The van der Waals surface area contributed by atoms with Crippen molar-refractivity contribution in [2.75, 3.05) is 0 Å². The summed E-state index contributed by atoms with van der Waals surface area (Å²) in [6, 6.07) is 3.70. The number of rotatable bonds is 1. The molecule has 2 rings (SSSR count). The summed E-state index contributed by atoms with van der Waals surface area (Å²) in [4.78, 5) is 6.98. The van der Waals surface area contributed by atoms with Crippen LogP contribution in [-0.2, 0) is 0 Å². The van der Waals surface area contributed by atoms with E-state index in [-0.39, 0.29) is 0 Å². The lowest BCUT2D eigenvalue weighted by Gasteiger charge is -1.87. The Bertz CT molecular complexity index is 355. The average Bonchev–Trinajstić information content (AvgIpc) is 2.58. The average molecular weight is 292 g/mol. The smallest absolute Gasteiger partial charge is 0.174 e. The van der Waals surface area contributed by atoms with Crippen LogP contribution < -0.4 is 0 Å². The Morgan fingerprint density at radius 2 is 2.17 bits per heavy atom. The van der Waals surface area contributed by atoms with Gasteiger partial charge in [-0.2, -0.15) is 0 Å². The van der Waals surface area contributed by atoms with Crippen LogP contribution in [-0.4, -0.2) is 9.97 Å². The topological polar surface area (TPSA) is 41.8 Å². The van der Waals surface area contributed by atoms with Crippen LogP contribution in [0.4, 0.5) is 0 Å². The molecule has 1 N–H and O–H groups in total. The maximum Gasteiger partial charge on any atom is 0.174 e. The van der Waals surface area contributed by atoms with Crippen LogP contribution in [0.3, 0.4) is 0 Å². The number of imidazole rings is 1. The zero-order valence-corrected chi connectivity index (χ0v) is 9.02. The number of nitrogens with zero attached hydrogens (tertiary/aromatic N) is 1. The van der Waals surface area contributed by atoms with Crippen LogP contribution in [0.15, 0.2) is 32.1 Å². The molecule has 0 unspecified atom stereocenters. The van der Waals surface area contributed by atoms with Crippen molar-refractivity contribution in [2.45, 2.75) is 0 Å². The lowest BCUT2D eigenvalue weighted by molar-refractivity contribution is 0.554. The molecule has 12 heavy (non-hydrogen) atoms. The van der Waals surface area contributed by atoms with Crippen molar-refractivity contribution >= 4 is 31.9 Å². The van der Waals surface area contributed by atoms with Gasteiger partial charge < -0.3 is 9.40 Å². The predicted octanol–water partition coefficient (Wildman–Crippen LogP) is 3.19. The number of halogens is 2. The van der Waals surface area contributed by atoms with Gasteiger partial charge in [0.1, 0.15) is 5.69 Å². The van der Waals surface area contributed by atoms with E-state index in [0.29, 0.717) is 9.40 Å². The predicted molar refractivity (Wildman–Crippen MR) is 51.7 cm³/mol. The maximum atomic E-state index is 5.31. The van der Waals surface area contributed by atoms with E-state index < -0.39 is 0 Å². The summed E-state index contributed by atoms with van der Waals surface area (Å²) in [7, 11) is 0. The Morgan fingerprint density at radius 1 is 1.33 bits per heavy atom. The highest BCUT2D eigenvalue weighted by atomic mass is 79.9. The Balaban J connectivity index is 2.43. The van der Waals surface area contributed by atoms with Crippen molar-refractivity contribution in [3.8, 4) is 11.5 Å². The number of hydrogen-bond donors (Lipinski definition) is 1. The molecule has 0 spiro atoms. The van der Waals surface area contributed by atoms with Crippen molar-refractivity contribution in [1.82, 2.24) is 9.97 Å². The van der Waals surface area contributed by atoms with Crippen LogP contribution in [0.1, 0.15) is 0 Å². The molecule has 2 heterocycles. The monoisotopic (exact) mass is 290 g/mol. The van der Waals surface area contributed by atoms with E-state index in [2.05, 4.69) is 41.8 Å². The van der Waals surface area contributed by atoms with E-state index in [0.717, 1.165) is 11.5 Å². The molecule has 0 saturated carbocycles. The molecular weight excluding hydrogens is 288 g/mol. The summed E-state index contributed by atoms with van der Waals surface area (Å²) in [6.45, 7) is 0. The van der Waals surface area contributed by atoms with Crippen LogP contribution >= 0.6 is 31.9 Å². The van der Waals surface area contributed by atoms with Gasteiger partial charge >= 0.3 is 0 Å². The Hall–Kier alpha value is -0.550. The molecule has 3 nitrogen and oxygen atoms in total. The van der Waals surface area contributed by atoms with Crippen molar-refractivity contribution < 1.29 is 4.42 Å². The van der Waals surface area contributed by atoms with Gasteiger partial charge in [-0.15, -0.1) is 0 Å². The molecule has 0 aliphatic carbocycles. The lowest BCUT2D eigenvalue weighted by Crippen LogP contribution is -1.70. The van der Waals surface area contributed by atoms with Gasteiger partial charge in [-0.05, 0) is 44.0 Å². The van der Waals surface area contributed by atoms with E-state index in [1.807, 2.05) is 12.1 Å². The molecule has 0 bridgehead atoms. The Kier molecular flexibility index (Phi) is 2.06. The second-order valence-electron chi connectivity index (χ2n) is 2.19. The highest BCUT2D eigenvalue weighted by Crippen LogP contribution is 2.23. The number of H-pyrrole nitrogens is 1. The highest BCUT2D eigenvalue weighted by Gasteiger charge is 2.04. The van der Waals surface area contributed by atoms with E-state index >= 15 is 0 Å². The van der Waals surface area contributed by atoms with Crippen molar-refractivity contribution in [3.63, 3.8) is 0 Å². The molecule has 0 amide bonds. The fourth-order valence-corrected chi connectivity index (χ4v) is 1.50. The molecule has 5 heteroatoms. The molecule has 0 radical (unpaired) electrons. The molecule has 0 fully saturated rings. The summed E-state index contributed by atoms with van der Waals surface area (Å²) in [5, 5.41) is 0. The molecule has 0 aliphatic heterocycles. The minimum atomic E-state index is 0.699. The van der Waals surface area contributed by atoms with E-state index in [1.165, 1.54) is 0 Å². The largest absolute Gasteiger partial charge is 0.448 e. The third kappa shape index (κ3) is 1.47. The first kappa shape index (κ1) is 8.07. The third-order valence-electron chi connectivity index (χ3n) is 1.38. The first-order chi connectivity index (χ1) is 5.75. The van der Waals surface area contributed by atoms with Crippen LogP contribution in [0.25, 0.3) is 11.5 Å². The van der Waals surface area contributed by atoms with Crippen LogP contribution in [0, 0.1) is 0 Å². The Morgan fingerprint density at radius 3 is 2.67 bits per heavy atom. The lowest BCUT2D eigenvalue weighted by atomic mass is 10.4. The van der Waals surface area contributed by atoms with Crippen LogP contribution in [0.5, 0.6) is 0 Å². The quantitative estimate of drug-likeness (QED) is 0.877. The fraction of sp³-hybridized carbons (Fsp3) is 0. The van der Waals surface area contributed by atoms with Gasteiger partial charge in [0.05, 0.1) is 6.20 Å². The van der Waals surface area contributed by atoms with Gasteiger partial charge in [0.25, 0.3) is 0 Å². The maximum absolute atomic E-state index is 5.31. The van der Waals surface area contributed by atoms with Gasteiger partial charge in [0, 0.05) is 0 Å². The van der Waals surface area contributed by atoms with Gasteiger partial charge in [-0.25, -0.2) is 4.98 Å². The summed E-state index contributed by atoms with van der Waals surface area (Å²) in [6.07, 6.45) is 1.70. The minimum Gasteiger partial charge on any atom is -0.448 e. The minimum absolute atomic E-state index is 0.699. The van der Waals surface area contributed by atoms with E-state index in [4.69, 9.17) is 4.42 Å². The van der Waals surface area contributed by atoms with E-state index in [1.54, 1.807) is 6.20 Å². The molecule has 0 atom stereocenters. The van der Waals surface area contributed by atoms with Crippen molar-refractivity contribution in [1.29, 1.82) is 0 Å². The second-order valence-corrected chi connectivity index (χ2v) is 3.72. The molecule has 2 aromatic heterocycles. The van der Waals surface area contributed by atoms with Crippen LogP contribution in [0.2, 0.25) is 0 Å². The van der Waals surface area contributed by atoms with Gasteiger partial charge in [-0.3, -0.25) is 0 Å². The first-order valence-electron chi connectivity index (χ1n) is 3.22. The molecule has 2 aromatic rings. The zero-order valence-electron chi connectivity index (χ0n) is 5.84. The summed E-state index contributed by atoms with van der Waals surface area (Å²) >= 11 is 6.44. The number of aromatic amines is 1. The van der Waals surface area contributed by atoms with Crippen molar-refractivity contribution in [3.05, 3.63) is 27.7 Å². The number of nitrogens with one attached hydrogen (secondary N) is 1. The SMILES string of the molecule is Brc1ncc(-c2ccc(Br)o2)[nH]1. The summed E-state index contributed by atoms with van der Waals surface area (Å²) < 4.78 is 6.72. The van der Waals surface area contributed by atoms with Gasteiger partial charge in [0.2, 0.25) is 0 Å². The van der Waals surface area contributed by atoms with Gasteiger partial charge in [0.15, 0.2) is 15.2 Å². The fourth-order valence-electron chi connectivity index (χ4n) is 0.881. The van der Waals surface area contributed by atoms with E-state index in [9.17, 15) is 0 Å². The second kappa shape index (κ2) is 3.06. The number of hydrogen-bond acceptors (Lipinski definition) is 2. The summed E-state index contributed by atoms with van der Waals surface area (Å²) in [5.41, 5.74) is 0.854. The Labute approximate surface area is 85.4 Å². The third-order valence-corrected chi connectivity index (χ3v) is 2.21. The normalized spacial score (nSPS) is 10.5. The van der Waals surface area contributed by atoms with Crippen molar-refractivity contribution in [2.24, 2.45) is 0 Å². The zero-order chi connectivity index (χ0) is 8.55. The molecule has 0 aliphatic rings. The molecule has 0 saturated heterocycles. The highest BCUT2D eigenvalue weighted by molar-refractivity contribution is 9.10. The molecule has 0 aromatic carbocycles. The standard InChI is InChI=1S/C7H4Br2N2O/c8-6-2-1-5(12-6)4-3-10-7(9)11-4/h1-3H,(H,10,11). The molecular formula is C7H4Br2N2O. The number of aromatic nitrogens is 2. The summed E-state index contributed by atoms with van der Waals surface area (Å²) in [5.74, 6) is 0.764. The molecule has 62 valence electrons. The number of furan rings is 1.